The van der Waals surface area contributed by atoms with Crippen molar-refractivity contribution in [3.05, 3.63) is 111 Å². The third-order valence-electron chi connectivity index (χ3n) is 16.4. The number of aliphatic hydroxyl groups is 2. The Morgan fingerprint density at radius 1 is 0.674 bits per heavy atom. The smallest absolute Gasteiger partial charge is 0.229 e. The molecule has 0 fully saturated rings. The van der Waals surface area contributed by atoms with Gasteiger partial charge in [-0.3, -0.25) is 0 Å². The lowest BCUT2D eigenvalue weighted by Gasteiger charge is -2.37. The number of aromatic nitrogens is 6. The van der Waals surface area contributed by atoms with E-state index in [4.69, 9.17) is 55.0 Å². The lowest BCUT2D eigenvalue weighted by atomic mass is 9.85. The number of fused-ring (bicyclic) bond motifs is 3. The van der Waals surface area contributed by atoms with E-state index >= 15 is 8.78 Å². The van der Waals surface area contributed by atoms with Gasteiger partial charge in [0.25, 0.3) is 0 Å². The zero-order valence-electron chi connectivity index (χ0n) is 50.6. The number of nitrogens with one attached hydrogen (secondary N) is 8. The highest BCUT2D eigenvalue weighted by molar-refractivity contribution is 6.35. The number of aliphatic hydroxyl groups excluding tert-OH is 2. The van der Waals surface area contributed by atoms with E-state index in [1.807, 2.05) is 45.2 Å². The Labute approximate surface area is 519 Å². The van der Waals surface area contributed by atoms with Gasteiger partial charge >= 0.3 is 0 Å². The first-order valence-electron chi connectivity index (χ1n) is 30.0. The van der Waals surface area contributed by atoms with E-state index in [0.29, 0.717) is 143 Å². The fourth-order valence-electron chi connectivity index (χ4n) is 11.9. The van der Waals surface area contributed by atoms with Crippen LogP contribution in [0.15, 0.2) is 54.6 Å². The number of rotatable bonds is 17. The van der Waals surface area contributed by atoms with Gasteiger partial charge in [-0.25, -0.2) is 23.7 Å². The van der Waals surface area contributed by atoms with E-state index < -0.39 is 35.5 Å². The zero-order valence-corrected chi connectivity index (χ0v) is 51.3. The van der Waals surface area contributed by atoms with Crippen molar-refractivity contribution >= 4 is 80.7 Å². The van der Waals surface area contributed by atoms with E-state index in [9.17, 15) is 10.2 Å². The first-order valence-corrected chi connectivity index (χ1v) is 30.4. The molecule has 470 valence electrons. The topological polar surface area (TPSA) is 273 Å². The first kappa shape index (κ1) is 61.1. The molecule has 3 aromatic heterocycles. The van der Waals surface area contributed by atoms with Gasteiger partial charge in [0.2, 0.25) is 17.8 Å². The summed E-state index contributed by atoms with van der Waals surface area (Å²) < 4.78 is 73.5. The van der Waals surface area contributed by atoms with Crippen LogP contribution in [0.5, 0.6) is 28.7 Å². The summed E-state index contributed by atoms with van der Waals surface area (Å²) in [5.74, 6) is 2.79. The highest BCUT2D eigenvalue weighted by Gasteiger charge is 2.40. The largest absolute Gasteiger partial charge is 0.492 e. The van der Waals surface area contributed by atoms with Gasteiger partial charge in [0.15, 0.2) is 34.6 Å². The molecular formula is C63H74ClF2N15O8. The number of aryl methyl sites for hydroxylation is 1. The monoisotopic (exact) mass is 1240 g/mol. The number of nitrogens with zero attached hydrogens (tertiary/aromatic N) is 7. The van der Waals surface area contributed by atoms with Crippen molar-refractivity contribution in [1.82, 2.24) is 45.4 Å². The van der Waals surface area contributed by atoms with E-state index in [0.717, 1.165) is 29.8 Å². The second kappa shape index (κ2) is 26.5. The van der Waals surface area contributed by atoms with Crippen LogP contribution in [-0.2, 0) is 23.4 Å². The minimum atomic E-state index is -1.06. The molecule has 23 nitrogen and oxygen atoms in total. The molecule has 89 heavy (non-hydrogen) atoms. The van der Waals surface area contributed by atoms with Crippen LogP contribution in [0.3, 0.4) is 0 Å². The van der Waals surface area contributed by atoms with Crippen LogP contribution >= 0.6 is 11.6 Å². The number of anilines is 9. The van der Waals surface area contributed by atoms with Gasteiger partial charge < -0.3 is 86.1 Å². The van der Waals surface area contributed by atoms with E-state index in [1.165, 1.54) is 6.07 Å². The van der Waals surface area contributed by atoms with Crippen molar-refractivity contribution in [2.75, 3.05) is 126 Å². The predicted molar refractivity (Wildman–Crippen MR) is 338 cm³/mol. The zero-order chi connectivity index (χ0) is 61.9. The third kappa shape index (κ3) is 13.4. The summed E-state index contributed by atoms with van der Waals surface area (Å²) in [6, 6.07) is 10.4. The van der Waals surface area contributed by atoms with Crippen molar-refractivity contribution in [1.29, 1.82) is 0 Å². The van der Waals surface area contributed by atoms with Crippen LogP contribution in [-0.4, -0.2) is 157 Å². The second-order valence-corrected chi connectivity index (χ2v) is 23.4. The summed E-state index contributed by atoms with van der Waals surface area (Å²) >= 11 is 7.27. The molecule has 26 heteroatoms. The molecule has 0 radical (unpaired) electrons. The molecule has 0 saturated heterocycles. The minimum Gasteiger partial charge on any atom is -0.492 e. The van der Waals surface area contributed by atoms with Crippen molar-refractivity contribution in [3.63, 3.8) is 0 Å². The predicted octanol–water partition coefficient (Wildman–Crippen LogP) is 8.60. The SMILES string of the molecule is CNc1cc(CO[C@@]2(C)CCOc3c2cc(Nc2nc(CC4COc5c(cc(Nc6nc(C)cc(NC)n6)c(Cl)c5C5=CCNC[C@@H](O)C5)O4)cc(NC)n2)c(F)c3C2=CCN(C)CCC2)nc(Nc2cc3c(c(C4=CCNC[C@H](O)C4)c2F)OCCO3)n1. The maximum Gasteiger partial charge on any atom is 0.229 e. The van der Waals surface area contributed by atoms with Crippen molar-refractivity contribution in [2.24, 2.45) is 0 Å². The van der Waals surface area contributed by atoms with Crippen molar-refractivity contribution < 1.29 is 47.4 Å². The van der Waals surface area contributed by atoms with Gasteiger partial charge in [-0.2, -0.15) is 15.0 Å². The molecule has 0 amide bonds. The van der Waals surface area contributed by atoms with Gasteiger partial charge in [-0.05, 0) is 63.1 Å². The van der Waals surface area contributed by atoms with E-state index in [-0.39, 0.29) is 80.5 Å². The Balaban J connectivity index is 0.842. The Morgan fingerprint density at radius 2 is 1.26 bits per heavy atom. The minimum absolute atomic E-state index is 0.0329. The molecule has 0 aliphatic carbocycles. The molecule has 1 unspecified atom stereocenters. The highest BCUT2D eigenvalue weighted by atomic mass is 35.5. The molecule has 9 heterocycles. The maximum absolute atomic E-state index is 17.8. The number of hydrogen-bond donors (Lipinski definition) is 10. The van der Waals surface area contributed by atoms with E-state index in [2.05, 4.69) is 68.5 Å². The lowest BCUT2D eigenvalue weighted by Crippen LogP contribution is -2.34. The number of ether oxygens (including phenoxy) is 6. The molecular weight excluding hydrogens is 1170 g/mol. The average Bonchev–Trinajstić information content (AvgIpc) is 1.29. The molecule has 3 aromatic carbocycles. The van der Waals surface area contributed by atoms with Gasteiger partial charge in [0.05, 0.1) is 75.6 Å². The number of β-amino-alcohol motifs (C(OH)–C–C–N with tert-alkyl or cyclic N) is 2. The van der Waals surface area contributed by atoms with Crippen LogP contribution < -0.4 is 66.2 Å². The van der Waals surface area contributed by atoms with Crippen LogP contribution in [0.25, 0.3) is 16.7 Å². The summed E-state index contributed by atoms with van der Waals surface area (Å²) in [5, 5.41) is 47.3. The lowest BCUT2D eigenvalue weighted by molar-refractivity contribution is -0.0727. The number of halogens is 3. The second-order valence-electron chi connectivity index (χ2n) is 23.0. The molecule has 10 N–H and O–H groups in total. The molecule has 12 rings (SSSR count). The average molecular weight is 1240 g/mol. The molecule has 0 bridgehead atoms. The van der Waals surface area contributed by atoms with Crippen LogP contribution in [0.1, 0.15) is 78.4 Å². The van der Waals surface area contributed by atoms with Gasteiger partial charge in [-0.15, -0.1) is 0 Å². The molecule has 0 spiro atoms. The number of hydrogen-bond acceptors (Lipinski definition) is 23. The number of allylic oxidation sites excluding steroid dienone is 1. The van der Waals surface area contributed by atoms with Crippen LogP contribution in [0.2, 0.25) is 5.02 Å². The standard InChI is InChI=1S/C63H74ClF2N15O8/c1-33-20-48(67-3)78-60(72-33)75-43-27-47-59(51(54(43)64)35-9-13-70-29-39(82)21-35)87-32-41(89-47)23-37-24-49(68-4)79-61(73-37)76-44-26-42-57(52(55(44)65)34-8-7-15-81(6)16-11-34)85-17-12-63(42,2)88-31-38-25-50(69-5)80-62(74-38)77-45-28-46-58(86-19-18-84-46)53(56(45)66)36-10-14-71-30-40(83)22-36/h9-11,20,24-28,39-41,70-71,82-83H,7-8,12-19,21-23,29-32H2,1-6H3,(H2,67,72,75,78)(H2,68,73,76,79)(H2,69,74,77,80)/t39-,40+,41?,63-/m0/s1. The summed E-state index contributed by atoms with van der Waals surface area (Å²) in [6.07, 6.45) is 6.54. The Hall–Kier alpha value is -8.17. The van der Waals surface area contributed by atoms with Gasteiger partial charge in [-0.1, -0.05) is 29.8 Å². The highest BCUT2D eigenvalue weighted by Crippen LogP contribution is 2.51. The van der Waals surface area contributed by atoms with Crippen LogP contribution in [0.4, 0.5) is 61.1 Å². The summed E-state index contributed by atoms with van der Waals surface area (Å²) in [7, 11) is 7.29. The first-order chi connectivity index (χ1) is 43.1. The summed E-state index contributed by atoms with van der Waals surface area (Å²) in [4.78, 5) is 30.6. The van der Waals surface area contributed by atoms with Crippen LogP contribution in [0, 0.1) is 18.6 Å². The normalized spacial score (nSPS) is 20.9. The molecule has 6 aliphatic heterocycles. The Morgan fingerprint density at radius 3 is 1.97 bits per heavy atom. The summed E-state index contributed by atoms with van der Waals surface area (Å²) in [6.45, 7) is 7.86. The van der Waals surface area contributed by atoms with E-state index in [1.54, 1.807) is 39.3 Å². The van der Waals surface area contributed by atoms with Crippen molar-refractivity contribution in [3.8, 4) is 28.7 Å². The Kier molecular flexibility index (Phi) is 18.2. The molecule has 6 aliphatic rings. The van der Waals surface area contributed by atoms with Gasteiger partial charge in [0, 0.05) is 127 Å². The fraction of sp³-hybridized carbons (Fsp3) is 0.429. The fourth-order valence-corrected chi connectivity index (χ4v) is 12.2. The quantitative estimate of drug-likeness (QED) is 0.0409. The Bertz CT molecular complexity index is 3770. The maximum atomic E-state index is 17.8. The molecule has 0 saturated carbocycles. The third-order valence-corrected chi connectivity index (χ3v) is 16.8. The van der Waals surface area contributed by atoms with Crippen molar-refractivity contribution in [2.45, 2.75) is 82.9 Å². The summed E-state index contributed by atoms with van der Waals surface area (Å²) in [5.41, 5.74) is 5.27. The molecule has 4 atom stereocenters. The number of benzene rings is 3. The number of likely N-dealkylation sites (N-methyl/N-ethyl adjacent to an activating group) is 1. The molecule has 6 aromatic rings. The van der Waals surface area contributed by atoms with Gasteiger partial charge in [0.1, 0.15) is 49.1 Å².